The monoisotopic (exact) mass is 408 g/mol. The van der Waals surface area contributed by atoms with Crippen LogP contribution in [0.15, 0.2) is 46.9 Å². The number of rotatable bonds is 2. The van der Waals surface area contributed by atoms with Gasteiger partial charge in [-0.25, -0.2) is 4.39 Å². The molecule has 0 unspecified atom stereocenters. The number of ether oxygens (including phenoxy) is 1. The summed E-state index contributed by atoms with van der Waals surface area (Å²) in [6.07, 6.45) is 0.759. The van der Waals surface area contributed by atoms with Crippen LogP contribution < -0.4 is 15.4 Å². The van der Waals surface area contributed by atoms with E-state index in [1.54, 1.807) is 12.1 Å². The normalized spacial score (nSPS) is 18.2. The highest BCUT2D eigenvalue weighted by atomic mass is 79.9. The average molecular weight is 409 g/mol. The Morgan fingerprint density at radius 1 is 1.29 bits per heavy atom. The Labute approximate surface area is 154 Å². The second-order valence-electron chi connectivity index (χ2n) is 6.38. The Balaban J connectivity index is 1.76. The molecular formula is C18H18BrFN2OS. The smallest absolute Gasteiger partial charge is 0.171 e. The van der Waals surface area contributed by atoms with Crippen molar-refractivity contribution < 1.29 is 9.13 Å². The van der Waals surface area contributed by atoms with Crippen molar-refractivity contribution in [1.29, 1.82) is 0 Å². The number of anilines is 1. The van der Waals surface area contributed by atoms with Gasteiger partial charge in [0.2, 0.25) is 0 Å². The summed E-state index contributed by atoms with van der Waals surface area (Å²) < 4.78 is 20.6. The van der Waals surface area contributed by atoms with Crippen molar-refractivity contribution in [3.8, 4) is 5.75 Å². The zero-order valence-electron chi connectivity index (χ0n) is 13.4. The van der Waals surface area contributed by atoms with Gasteiger partial charge in [0.1, 0.15) is 17.2 Å². The first-order valence-corrected chi connectivity index (χ1v) is 8.85. The van der Waals surface area contributed by atoms with Crippen molar-refractivity contribution in [3.63, 3.8) is 0 Å². The number of halogens is 2. The van der Waals surface area contributed by atoms with Crippen LogP contribution >= 0.6 is 28.1 Å². The summed E-state index contributed by atoms with van der Waals surface area (Å²) >= 11 is 8.61. The van der Waals surface area contributed by atoms with Gasteiger partial charge in [-0.1, -0.05) is 34.1 Å². The number of para-hydroxylation sites is 1. The maximum atomic E-state index is 14.0. The van der Waals surface area contributed by atoms with Gasteiger partial charge in [0.25, 0.3) is 0 Å². The van der Waals surface area contributed by atoms with Crippen LogP contribution in [0.5, 0.6) is 5.75 Å². The molecule has 2 N–H and O–H groups in total. The van der Waals surface area contributed by atoms with E-state index in [0.717, 1.165) is 17.7 Å². The van der Waals surface area contributed by atoms with E-state index in [0.29, 0.717) is 15.3 Å². The van der Waals surface area contributed by atoms with Gasteiger partial charge in [0.15, 0.2) is 5.11 Å². The molecule has 0 aromatic heterocycles. The van der Waals surface area contributed by atoms with Gasteiger partial charge in [0.05, 0.1) is 11.7 Å². The van der Waals surface area contributed by atoms with Crippen LogP contribution in [0.25, 0.3) is 0 Å². The van der Waals surface area contributed by atoms with Gasteiger partial charge in [-0.2, -0.15) is 0 Å². The Kier molecular flexibility index (Phi) is 4.78. The third-order valence-electron chi connectivity index (χ3n) is 3.86. The summed E-state index contributed by atoms with van der Waals surface area (Å²) in [5.74, 6) is 0.491. The van der Waals surface area contributed by atoms with Crippen LogP contribution in [0.1, 0.15) is 31.9 Å². The fourth-order valence-electron chi connectivity index (χ4n) is 2.84. The fraction of sp³-hybridized carbons (Fsp3) is 0.278. The molecule has 1 atom stereocenters. The molecule has 1 aliphatic rings. The highest BCUT2D eigenvalue weighted by Gasteiger charge is 2.33. The molecule has 0 fully saturated rings. The zero-order valence-corrected chi connectivity index (χ0v) is 15.8. The summed E-state index contributed by atoms with van der Waals surface area (Å²) in [6.45, 7) is 4.09. The molecule has 0 aliphatic carbocycles. The third-order valence-corrected chi connectivity index (χ3v) is 4.57. The number of fused-ring (bicyclic) bond motifs is 1. The molecule has 0 spiro atoms. The van der Waals surface area contributed by atoms with Crippen LogP contribution in [-0.2, 0) is 0 Å². The Morgan fingerprint density at radius 2 is 2.04 bits per heavy atom. The van der Waals surface area contributed by atoms with Gasteiger partial charge in [-0.15, -0.1) is 0 Å². The molecule has 0 saturated heterocycles. The van der Waals surface area contributed by atoms with Crippen molar-refractivity contribution in [2.45, 2.75) is 31.9 Å². The lowest BCUT2D eigenvalue weighted by molar-refractivity contribution is 0.0697. The average Bonchev–Trinajstić information content (AvgIpc) is 2.49. The van der Waals surface area contributed by atoms with Gasteiger partial charge < -0.3 is 15.4 Å². The maximum absolute atomic E-state index is 14.0. The minimum atomic E-state index is -0.360. The van der Waals surface area contributed by atoms with E-state index in [1.165, 1.54) is 6.07 Å². The lowest BCUT2D eigenvalue weighted by atomic mass is 9.90. The SMILES string of the molecule is CC1(C)C[C@H](NC(=S)Nc2ccc(Br)cc2F)c2ccccc2O1. The van der Waals surface area contributed by atoms with E-state index in [9.17, 15) is 4.39 Å². The quantitative estimate of drug-likeness (QED) is 0.670. The molecule has 2 aromatic carbocycles. The molecule has 1 aliphatic heterocycles. The summed E-state index contributed by atoms with van der Waals surface area (Å²) in [5.41, 5.74) is 1.09. The Bertz CT molecular complexity index is 781. The Morgan fingerprint density at radius 3 is 2.79 bits per heavy atom. The van der Waals surface area contributed by atoms with Crippen molar-refractivity contribution in [3.05, 3.63) is 58.3 Å². The van der Waals surface area contributed by atoms with Gasteiger partial charge >= 0.3 is 0 Å². The van der Waals surface area contributed by atoms with E-state index in [2.05, 4.69) is 26.6 Å². The number of nitrogens with one attached hydrogen (secondary N) is 2. The standard InChI is InChI=1S/C18H18BrFN2OS/c1-18(2)10-15(12-5-3-4-6-16(12)23-18)22-17(24)21-14-8-7-11(19)9-13(14)20/h3-9,15H,10H2,1-2H3,(H2,21,22,24)/t15-/m0/s1. The lowest BCUT2D eigenvalue weighted by Gasteiger charge is -2.38. The van der Waals surface area contributed by atoms with Crippen molar-refractivity contribution >= 4 is 38.9 Å². The van der Waals surface area contributed by atoms with E-state index >= 15 is 0 Å². The van der Waals surface area contributed by atoms with Crippen LogP contribution in [0.2, 0.25) is 0 Å². The largest absolute Gasteiger partial charge is 0.487 e. The van der Waals surface area contributed by atoms with E-state index in [4.69, 9.17) is 17.0 Å². The molecule has 0 bridgehead atoms. The summed E-state index contributed by atoms with van der Waals surface area (Å²) in [7, 11) is 0. The second-order valence-corrected chi connectivity index (χ2v) is 7.70. The fourth-order valence-corrected chi connectivity index (χ4v) is 3.42. The first-order chi connectivity index (χ1) is 11.3. The minimum Gasteiger partial charge on any atom is -0.487 e. The van der Waals surface area contributed by atoms with Crippen LogP contribution in [0, 0.1) is 5.82 Å². The minimum absolute atomic E-state index is 0.00320. The number of thiocarbonyl (C=S) groups is 1. The van der Waals surface area contributed by atoms with E-state index in [-0.39, 0.29) is 17.5 Å². The maximum Gasteiger partial charge on any atom is 0.171 e. The zero-order chi connectivity index (χ0) is 17.3. The van der Waals surface area contributed by atoms with Crippen LogP contribution in [0.4, 0.5) is 10.1 Å². The first kappa shape index (κ1) is 17.2. The predicted molar refractivity (Wildman–Crippen MR) is 102 cm³/mol. The van der Waals surface area contributed by atoms with Crippen molar-refractivity contribution in [2.75, 3.05) is 5.32 Å². The van der Waals surface area contributed by atoms with Gasteiger partial charge in [-0.05, 0) is 50.3 Å². The molecule has 126 valence electrons. The summed E-state index contributed by atoms with van der Waals surface area (Å²) in [6, 6.07) is 12.7. The molecular weight excluding hydrogens is 391 g/mol. The lowest BCUT2D eigenvalue weighted by Crippen LogP contribution is -2.42. The summed E-state index contributed by atoms with van der Waals surface area (Å²) in [4.78, 5) is 0. The topological polar surface area (TPSA) is 33.3 Å². The van der Waals surface area contributed by atoms with Crippen molar-refractivity contribution in [1.82, 2.24) is 5.32 Å². The molecule has 2 aromatic rings. The third kappa shape index (κ3) is 3.87. The van der Waals surface area contributed by atoms with Crippen LogP contribution in [-0.4, -0.2) is 10.7 Å². The Hall–Kier alpha value is -1.66. The molecule has 3 nitrogen and oxygen atoms in total. The van der Waals surface area contributed by atoms with Gasteiger partial charge in [0, 0.05) is 16.5 Å². The number of benzene rings is 2. The van der Waals surface area contributed by atoms with E-state index in [1.807, 2.05) is 38.1 Å². The van der Waals surface area contributed by atoms with E-state index < -0.39 is 0 Å². The predicted octanol–water partition coefficient (Wildman–Crippen LogP) is 5.18. The highest BCUT2D eigenvalue weighted by Crippen LogP contribution is 2.39. The second kappa shape index (κ2) is 6.69. The molecule has 6 heteroatoms. The first-order valence-electron chi connectivity index (χ1n) is 7.64. The number of hydrogen-bond donors (Lipinski definition) is 2. The van der Waals surface area contributed by atoms with Crippen LogP contribution in [0.3, 0.4) is 0 Å². The summed E-state index contributed by atoms with van der Waals surface area (Å²) in [5, 5.41) is 6.59. The number of hydrogen-bond acceptors (Lipinski definition) is 2. The molecule has 0 amide bonds. The van der Waals surface area contributed by atoms with Crippen molar-refractivity contribution in [2.24, 2.45) is 0 Å². The van der Waals surface area contributed by atoms with Gasteiger partial charge in [-0.3, -0.25) is 0 Å². The molecule has 24 heavy (non-hydrogen) atoms. The molecule has 3 rings (SSSR count). The molecule has 0 saturated carbocycles. The molecule has 0 radical (unpaired) electrons. The highest BCUT2D eigenvalue weighted by molar-refractivity contribution is 9.10. The molecule has 1 heterocycles.